The van der Waals surface area contributed by atoms with Crippen LogP contribution in [0.5, 0.6) is 5.75 Å². The Morgan fingerprint density at radius 3 is 2.30 bits per heavy atom. The average Bonchev–Trinajstić information content (AvgIpc) is 2.54. The summed E-state index contributed by atoms with van der Waals surface area (Å²) in [5.74, 6) is -1.90. The van der Waals surface area contributed by atoms with Crippen LogP contribution in [-0.4, -0.2) is 11.1 Å². The molecule has 108 valence electrons. The van der Waals surface area contributed by atoms with E-state index in [1.807, 2.05) is 18.2 Å². The van der Waals surface area contributed by atoms with E-state index in [9.17, 15) is 15.0 Å². The number of carbonyl (C=O) groups is 1. The summed E-state index contributed by atoms with van der Waals surface area (Å²) in [6, 6.07) is 17.4. The summed E-state index contributed by atoms with van der Waals surface area (Å²) in [6.45, 7) is 0. The molecule has 0 aromatic heterocycles. The van der Waals surface area contributed by atoms with Gasteiger partial charge in [-0.1, -0.05) is 42.5 Å². The van der Waals surface area contributed by atoms with Crippen molar-refractivity contribution in [2.45, 2.75) is 0 Å². The Labute approximate surface area is 154 Å². The van der Waals surface area contributed by atoms with E-state index < -0.39 is 11.7 Å². The van der Waals surface area contributed by atoms with Crippen LogP contribution in [0.1, 0.15) is 10.4 Å². The van der Waals surface area contributed by atoms with E-state index in [1.165, 1.54) is 6.07 Å². The molecule has 3 aromatic carbocycles. The molecule has 0 aliphatic rings. The average molecular weight is 314 g/mol. The number of nitrogens with zero attached hydrogens (tertiary/aromatic N) is 2. The van der Waals surface area contributed by atoms with Gasteiger partial charge in [-0.2, -0.15) is 5.11 Å². The Morgan fingerprint density at radius 2 is 1.61 bits per heavy atom. The summed E-state index contributed by atoms with van der Waals surface area (Å²) in [5, 5.41) is 30.6. The molecule has 0 radical (unpaired) electrons. The van der Waals surface area contributed by atoms with Gasteiger partial charge in [0, 0.05) is 10.9 Å². The quantitative estimate of drug-likeness (QED) is 0.558. The Bertz CT molecular complexity index is 880. The number of benzene rings is 3. The zero-order chi connectivity index (χ0) is 15.5. The third kappa shape index (κ3) is 3.59. The minimum Gasteiger partial charge on any atom is -0.545 e. The maximum absolute atomic E-state index is 11.1. The first kappa shape index (κ1) is 17.1. The summed E-state index contributed by atoms with van der Waals surface area (Å²) in [5.41, 5.74) is 0.409. The van der Waals surface area contributed by atoms with Crippen molar-refractivity contribution in [1.82, 2.24) is 0 Å². The molecular formula is C17H11N2NaO3. The molecule has 0 unspecified atom stereocenters. The number of hydrogen-bond acceptors (Lipinski definition) is 5. The van der Waals surface area contributed by atoms with Crippen molar-refractivity contribution in [2.75, 3.05) is 0 Å². The van der Waals surface area contributed by atoms with Crippen LogP contribution >= 0.6 is 0 Å². The fourth-order valence-corrected chi connectivity index (χ4v) is 2.18. The van der Waals surface area contributed by atoms with Crippen molar-refractivity contribution in [3.63, 3.8) is 0 Å². The third-order valence-corrected chi connectivity index (χ3v) is 3.24. The van der Waals surface area contributed by atoms with Gasteiger partial charge in [0.25, 0.3) is 0 Å². The number of carbonyl (C=O) groups excluding carboxylic acids is 1. The molecule has 0 saturated carbocycles. The van der Waals surface area contributed by atoms with Crippen LogP contribution < -0.4 is 34.7 Å². The number of hydrogen-bond donors (Lipinski definition) is 1. The zero-order valence-electron chi connectivity index (χ0n) is 12.4. The molecule has 23 heavy (non-hydrogen) atoms. The van der Waals surface area contributed by atoms with E-state index in [4.69, 9.17) is 0 Å². The number of fused-ring (bicyclic) bond motifs is 1. The Morgan fingerprint density at radius 1 is 0.957 bits per heavy atom. The van der Waals surface area contributed by atoms with Crippen molar-refractivity contribution in [3.8, 4) is 5.75 Å². The predicted octanol–water partition coefficient (Wildman–Crippen LogP) is 0.328. The molecule has 5 nitrogen and oxygen atoms in total. The van der Waals surface area contributed by atoms with Gasteiger partial charge in [-0.25, -0.2) is 0 Å². The maximum atomic E-state index is 11.1. The molecule has 0 aliphatic heterocycles. The number of carboxylic acids is 1. The molecule has 3 rings (SSSR count). The van der Waals surface area contributed by atoms with Gasteiger partial charge in [0.05, 0.1) is 11.7 Å². The Hall–Kier alpha value is -2.21. The van der Waals surface area contributed by atoms with Crippen molar-refractivity contribution in [3.05, 3.63) is 66.2 Å². The van der Waals surface area contributed by atoms with E-state index >= 15 is 0 Å². The summed E-state index contributed by atoms with van der Waals surface area (Å²) in [4.78, 5) is 11.1. The first-order chi connectivity index (χ1) is 10.7. The molecule has 0 fully saturated rings. The van der Waals surface area contributed by atoms with Gasteiger partial charge in [0.2, 0.25) is 0 Å². The molecule has 0 saturated heterocycles. The molecule has 0 heterocycles. The van der Waals surface area contributed by atoms with E-state index in [2.05, 4.69) is 10.2 Å². The summed E-state index contributed by atoms with van der Waals surface area (Å²) in [6.07, 6.45) is 0. The van der Waals surface area contributed by atoms with Gasteiger partial charge >= 0.3 is 29.6 Å². The van der Waals surface area contributed by atoms with E-state index in [0.29, 0.717) is 16.5 Å². The molecule has 3 aromatic rings. The van der Waals surface area contributed by atoms with Gasteiger partial charge in [-0.05, 0) is 23.6 Å². The van der Waals surface area contributed by atoms with Gasteiger partial charge in [-0.15, -0.1) is 5.11 Å². The van der Waals surface area contributed by atoms with Crippen molar-refractivity contribution in [1.29, 1.82) is 0 Å². The van der Waals surface area contributed by atoms with Crippen LogP contribution in [-0.2, 0) is 0 Å². The normalized spacial score (nSPS) is 10.6. The van der Waals surface area contributed by atoms with Crippen LogP contribution in [0, 0.1) is 0 Å². The molecule has 0 aliphatic carbocycles. The van der Waals surface area contributed by atoms with Crippen molar-refractivity contribution < 1.29 is 44.6 Å². The molecule has 6 heteroatoms. The first-order valence-corrected chi connectivity index (χ1v) is 6.59. The second kappa shape index (κ2) is 7.37. The molecular weight excluding hydrogens is 303 g/mol. The zero-order valence-corrected chi connectivity index (χ0v) is 14.4. The minimum atomic E-state index is -1.46. The molecule has 0 atom stereocenters. The number of phenols is 1. The molecule has 0 amide bonds. The predicted molar refractivity (Wildman–Crippen MR) is 80.6 cm³/mol. The Kier molecular flexibility index (Phi) is 5.50. The second-order valence-corrected chi connectivity index (χ2v) is 4.67. The van der Waals surface area contributed by atoms with Crippen LogP contribution in [0.2, 0.25) is 0 Å². The monoisotopic (exact) mass is 314 g/mol. The summed E-state index contributed by atoms with van der Waals surface area (Å²) < 4.78 is 0. The van der Waals surface area contributed by atoms with Crippen molar-refractivity contribution >= 4 is 28.1 Å². The van der Waals surface area contributed by atoms with E-state index in [1.54, 1.807) is 36.4 Å². The first-order valence-electron chi connectivity index (χ1n) is 6.59. The second-order valence-electron chi connectivity index (χ2n) is 4.67. The van der Waals surface area contributed by atoms with Crippen LogP contribution in [0.25, 0.3) is 10.8 Å². The largest absolute Gasteiger partial charge is 1.00 e. The number of azo groups is 1. The maximum Gasteiger partial charge on any atom is 1.00 e. The summed E-state index contributed by atoms with van der Waals surface area (Å²) >= 11 is 0. The number of aromatic carboxylic acids is 1. The molecule has 0 bridgehead atoms. The minimum absolute atomic E-state index is 0. The Balaban J connectivity index is 0.00000192. The fraction of sp³-hybridized carbons (Fsp3) is 0. The van der Waals surface area contributed by atoms with Crippen LogP contribution in [0.3, 0.4) is 0 Å². The van der Waals surface area contributed by atoms with E-state index in [-0.39, 0.29) is 40.8 Å². The smallest absolute Gasteiger partial charge is 0.545 e. The fourth-order valence-electron chi connectivity index (χ4n) is 2.18. The molecule has 1 N–H and O–H groups in total. The van der Waals surface area contributed by atoms with Gasteiger partial charge < -0.3 is 15.0 Å². The van der Waals surface area contributed by atoms with Crippen LogP contribution in [0.4, 0.5) is 11.4 Å². The third-order valence-electron chi connectivity index (χ3n) is 3.24. The SMILES string of the molecule is O=C([O-])c1cc2ccccc2c(N=Nc2ccccc2)c1O.[Na+]. The topological polar surface area (TPSA) is 85.1 Å². The van der Waals surface area contributed by atoms with Crippen molar-refractivity contribution in [2.24, 2.45) is 10.2 Å². The number of carboxylic acid groups (broad SMARTS) is 1. The van der Waals surface area contributed by atoms with Gasteiger partial charge in [0.1, 0.15) is 5.69 Å². The number of rotatable bonds is 3. The number of aromatic hydroxyl groups is 1. The van der Waals surface area contributed by atoms with Crippen LogP contribution in [0.15, 0.2) is 70.9 Å². The van der Waals surface area contributed by atoms with Gasteiger partial charge in [0.15, 0.2) is 5.75 Å². The molecule has 0 spiro atoms. The summed E-state index contributed by atoms with van der Waals surface area (Å²) in [7, 11) is 0. The standard InChI is InChI=1S/C17H12N2O3.Na/c20-16-14(17(21)22)10-11-6-4-5-9-13(11)15(16)19-18-12-7-2-1-3-8-12;/h1-10,20H,(H,21,22);/q;+1/p-1. The van der Waals surface area contributed by atoms with E-state index in [0.717, 1.165) is 0 Å². The van der Waals surface area contributed by atoms with Gasteiger partial charge in [-0.3, -0.25) is 0 Å².